The number of nitrogens with two attached hydrogens (primary N) is 1. The van der Waals surface area contributed by atoms with Crippen molar-refractivity contribution in [1.82, 2.24) is 24.2 Å². The van der Waals surface area contributed by atoms with Crippen molar-refractivity contribution in [3.05, 3.63) is 52.4 Å². The molecule has 4 rings (SSSR count). The third-order valence-corrected chi connectivity index (χ3v) is 7.57. The summed E-state index contributed by atoms with van der Waals surface area (Å²) in [6, 6.07) is 8.42. The van der Waals surface area contributed by atoms with E-state index in [9.17, 15) is 13.2 Å². The van der Waals surface area contributed by atoms with E-state index in [0.717, 1.165) is 18.4 Å². The Bertz CT molecular complexity index is 1280. The third-order valence-electron chi connectivity index (χ3n) is 5.65. The third kappa shape index (κ3) is 5.00. The monoisotopic (exact) mass is 471 g/mol. The van der Waals surface area contributed by atoms with Crippen LogP contribution in [-0.4, -0.2) is 60.0 Å². The first-order chi connectivity index (χ1) is 15.9. The van der Waals surface area contributed by atoms with Gasteiger partial charge in [-0.2, -0.15) is 9.29 Å². The zero-order chi connectivity index (χ0) is 23.4. The molecule has 0 unspecified atom stereocenters. The molecule has 176 valence electrons. The molecule has 0 saturated carbocycles. The smallest absolute Gasteiger partial charge is 0.264 e. The van der Waals surface area contributed by atoms with E-state index in [0.29, 0.717) is 56.0 Å². The fourth-order valence-electron chi connectivity index (χ4n) is 3.83. The Hall–Kier alpha value is -3.02. The van der Waals surface area contributed by atoms with Crippen molar-refractivity contribution >= 4 is 32.7 Å². The Morgan fingerprint density at radius 3 is 2.55 bits per heavy atom. The Morgan fingerprint density at radius 2 is 1.85 bits per heavy atom. The molecule has 1 aliphatic rings. The number of hydrogen-bond donors (Lipinski definition) is 3. The number of nitrogens with zero attached hydrogens (tertiary/aromatic N) is 4. The molecule has 0 atom stereocenters. The lowest BCUT2D eigenvalue weighted by molar-refractivity contribution is 0.360. The van der Waals surface area contributed by atoms with Gasteiger partial charge in [0.25, 0.3) is 5.56 Å². The predicted molar refractivity (Wildman–Crippen MR) is 129 cm³/mol. The second-order valence-electron chi connectivity index (χ2n) is 8.02. The molecule has 2 aromatic heterocycles. The molecule has 0 aliphatic carbocycles. The molecule has 10 nitrogen and oxygen atoms in total. The van der Waals surface area contributed by atoms with Crippen molar-refractivity contribution in [3.8, 4) is 0 Å². The van der Waals surface area contributed by atoms with E-state index in [1.54, 1.807) is 41.1 Å². The maximum Gasteiger partial charge on any atom is 0.264 e. The van der Waals surface area contributed by atoms with Gasteiger partial charge in [0.2, 0.25) is 16.0 Å². The average Bonchev–Trinajstić information content (AvgIpc) is 2.82. The Kier molecular flexibility index (Phi) is 6.91. The first-order valence-corrected chi connectivity index (χ1v) is 12.5. The van der Waals surface area contributed by atoms with Crippen molar-refractivity contribution in [2.24, 2.45) is 0 Å². The largest absolute Gasteiger partial charge is 0.369 e. The molecule has 11 heteroatoms. The van der Waals surface area contributed by atoms with Crippen LogP contribution in [0.2, 0.25) is 0 Å². The minimum atomic E-state index is -3.52. The highest BCUT2D eigenvalue weighted by Gasteiger charge is 2.25. The number of aromatic nitrogens is 3. The normalized spacial score (nSPS) is 15.1. The number of unbranched alkanes of at least 4 members (excludes halogenated alkanes) is 1. The summed E-state index contributed by atoms with van der Waals surface area (Å²) in [5.74, 6) is 0.544. The number of fused-ring (bicyclic) bond motifs is 1. The highest BCUT2D eigenvalue weighted by molar-refractivity contribution is 7.89. The molecular formula is C22H29N7O3S. The summed E-state index contributed by atoms with van der Waals surface area (Å²) in [4.78, 5) is 21.9. The van der Waals surface area contributed by atoms with E-state index in [4.69, 9.17) is 5.73 Å². The van der Waals surface area contributed by atoms with E-state index in [1.807, 2.05) is 0 Å². The van der Waals surface area contributed by atoms with Crippen molar-refractivity contribution in [1.29, 1.82) is 0 Å². The second-order valence-corrected chi connectivity index (χ2v) is 9.96. The molecule has 1 saturated heterocycles. The lowest BCUT2D eigenvalue weighted by Gasteiger charge is -2.26. The van der Waals surface area contributed by atoms with Crippen molar-refractivity contribution in [3.63, 3.8) is 0 Å². The van der Waals surface area contributed by atoms with Gasteiger partial charge in [0.05, 0.1) is 17.0 Å². The van der Waals surface area contributed by atoms with Gasteiger partial charge in [-0.25, -0.2) is 13.4 Å². The van der Waals surface area contributed by atoms with Crippen LogP contribution in [-0.2, 0) is 16.6 Å². The van der Waals surface area contributed by atoms with Gasteiger partial charge in [0, 0.05) is 38.9 Å². The second kappa shape index (κ2) is 9.86. The maximum absolute atomic E-state index is 13.2. The van der Waals surface area contributed by atoms with Crippen LogP contribution >= 0.6 is 0 Å². The SMILES string of the molecule is CCCCNc1nc(N)nc2ccn(Cc3ccc(S(=O)(=O)N4CCNCC4)cc3)c(=O)c12. The number of benzene rings is 1. The van der Waals surface area contributed by atoms with Crippen LogP contribution in [0.25, 0.3) is 10.9 Å². The van der Waals surface area contributed by atoms with Crippen molar-refractivity contribution in [2.75, 3.05) is 43.8 Å². The summed E-state index contributed by atoms with van der Waals surface area (Å²) in [6.07, 6.45) is 3.62. The maximum atomic E-state index is 13.2. The molecule has 1 fully saturated rings. The van der Waals surface area contributed by atoms with Crippen LogP contribution in [0.3, 0.4) is 0 Å². The van der Waals surface area contributed by atoms with E-state index < -0.39 is 10.0 Å². The lowest BCUT2D eigenvalue weighted by Crippen LogP contribution is -2.46. The van der Waals surface area contributed by atoms with Gasteiger partial charge in [-0.3, -0.25) is 4.79 Å². The van der Waals surface area contributed by atoms with Crippen LogP contribution in [0.1, 0.15) is 25.3 Å². The first-order valence-electron chi connectivity index (χ1n) is 11.1. The minimum Gasteiger partial charge on any atom is -0.369 e. The van der Waals surface area contributed by atoms with Gasteiger partial charge in [0.1, 0.15) is 11.2 Å². The topological polar surface area (TPSA) is 135 Å². The lowest BCUT2D eigenvalue weighted by atomic mass is 10.2. The molecule has 0 radical (unpaired) electrons. The van der Waals surface area contributed by atoms with E-state index in [1.165, 1.54) is 4.31 Å². The van der Waals surface area contributed by atoms with E-state index >= 15 is 0 Å². The van der Waals surface area contributed by atoms with Crippen molar-refractivity contribution < 1.29 is 8.42 Å². The minimum absolute atomic E-state index is 0.111. The average molecular weight is 472 g/mol. The number of hydrogen-bond acceptors (Lipinski definition) is 8. The summed E-state index contributed by atoms with van der Waals surface area (Å²) in [6.45, 7) is 5.26. The first kappa shape index (κ1) is 23.1. The number of sulfonamides is 1. The van der Waals surface area contributed by atoms with Gasteiger partial charge in [0.15, 0.2) is 0 Å². The van der Waals surface area contributed by atoms with Crippen LogP contribution in [0.15, 0.2) is 46.2 Å². The van der Waals surface area contributed by atoms with E-state index in [2.05, 4.69) is 27.5 Å². The van der Waals surface area contributed by atoms with Crippen LogP contribution < -0.4 is 21.9 Å². The Balaban J connectivity index is 1.60. The highest BCUT2D eigenvalue weighted by atomic mass is 32.2. The molecule has 0 bridgehead atoms. The van der Waals surface area contributed by atoms with Crippen LogP contribution in [0.5, 0.6) is 0 Å². The van der Waals surface area contributed by atoms with Gasteiger partial charge in [-0.05, 0) is 30.2 Å². The van der Waals surface area contributed by atoms with E-state index in [-0.39, 0.29) is 16.4 Å². The summed E-state index contributed by atoms with van der Waals surface area (Å²) < 4.78 is 28.7. The summed E-state index contributed by atoms with van der Waals surface area (Å²) in [5.41, 5.74) is 6.88. The summed E-state index contributed by atoms with van der Waals surface area (Å²) in [7, 11) is -3.52. The number of piperazine rings is 1. The fraction of sp³-hybridized carbons (Fsp3) is 0.409. The summed E-state index contributed by atoms with van der Waals surface area (Å²) >= 11 is 0. The zero-order valence-electron chi connectivity index (χ0n) is 18.6. The standard InChI is InChI=1S/C22H29N7O3S/c1-2-3-9-25-20-19-18(26-22(23)27-20)8-12-28(21(19)30)15-16-4-6-17(7-5-16)33(31,32)29-13-10-24-11-14-29/h4-8,12,24H,2-3,9-11,13-15H2,1H3,(H3,23,25,26,27). The number of pyridine rings is 1. The number of nitrogens with one attached hydrogen (secondary N) is 2. The fourth-order valence-corrected chi connectivity index (χ4v) is 5.27. The number of anilines is 2. The zero-order valence-corrected chi connectivity index (χ0v) is 19.4. The number of rotatable bonds is 8. The molecule has 33 heavy (non-hydrogen) atoms. The highest BCUT2D eigenvalue weighted by Crippen LogP contribution is 2.19. The molecule has 3 heterocycles. The molecule has 1 aliphatic heterocycles. The molecule has 4 N–H and O–H groups in total. The quantitative estimate of drug-likeness (QED) is 0.418. The van der Waals surface area contributed by atoms with Crippen LogP contribution in [0.4, 0.5) is 11.8 Å². The number of nitrogen functional groups attached to an aromatic ring is 1. The van der Waals surface area contributed by atoms with Gasteiger partial charge >= 0.3 is 0 Å². The van der Waals surface area contributed by atoms with Gasteiger partial charge < -0.3 is 20.9 Å². The predicted octanol–water partition coefficient (Wildman–Crippen LogP) is 1.23. The summed E-state index contributed by atoms with van der Waals surface area (Å²) in [5, 5.41) is 6.74. The molecular weight excluding hydrogens is 442 g/mol. The molecule has 0 amide bonds. The van der Waals surface area contributed by atoms with Gasteiger partial charge in [-0.1, -0.05) is 25.5 Å². The molecule has 3 aromatic rings. The molecule has 1 aromatic carbocycles. The van der Waals surface area contributed by atoms with Crippen LogP contribution in [0, 0.1) is 0 Å². The molecule has 0 spiro atoms. The van der Waals surface area contributed by atoms with Crippen molar-refractivity contribution in [2.45, 2.75) is 31.2 Å². The Labute approximate surface area is 192 Å². The Morgan fingerprint density at radius 1 is 1.12 bits per heavy atom. The van der Waals surface area contributed by atoms with Gasteiger partial charge in [-0.15, -0.1) is 0 Å².